The third-order valence-electron chi connectivity index (χ3n) is 2.28. The fourth-order valence-electron chi connectivity index (χ4n) is 1.44. The molecule has 3 nitrogen and oxygen atoms in total. The predicted octanol–water partition coefficient (Wildman–Crippen LogP) is 3.14. The van der Waals surface area contributed by atoms with Crippen LogP contribution in [0.5, 0.6) is 0 Å². The maximum atomic E-state index is 5.61. The topological polar surface area (TPSA) is 48.1 Å². The first kappa shape index (κ1) is 12.1. The molecule has 1 heterocycles. The van der Waals surface area contributed by atoms with Crippen molar-refractivity contribution in [2.24, 2.45) is 0 Å². The minimum atomic E-state index is 0.552. The summed E-state index contributed by atoms with van der Waals surface area (Å²) in [6.07, 6.45) is 3.55. The smallest absolute Gasteiger partial charge is 0.0736 e. The lowest BCUT2D eigenvalue weighted by Crippen LogP contribution is -1.95. The van der Waals surface area contributed by atoms with E-state index in [0.717, 1.165) is 21.3 Å². The van der Waals surface area contributed by atoms with Crippen LogP contribution in [0.1, 0.15) is 11.1 Å². The fourth-order valence-corrected chi connectivity index (χ4v) is 1.85. The van der Waals surface area contributed by atoms with Crippen LogP contribution in [-0.4, -0.2) is 4.98 Å². The Morgan fingerprint density at radius 1 is 1.06 bits per heavy atom. The summed E-state index contributed by atoms with van der Waals surface area (Å²) in [6, 6.07) is 9.68. The van der Waals surface area contributed by atoms with Gasteiger partial charge in [-0.2, -0.15) is 0 Å². The first-order valence-corrected chi connectivity index (χ1v) is 6.05. The van der Waals surface area contributed by atoms with Crippen molar-refractivity contribution in [2.45, 2.75) is 13.2 Å². The maximum absolute atomic E-state index is 5.61. The molecular formula is C13H13BrN2O. The molecule has 1 aromatic heterocycles. The van der Waals surface area contributed by atoms with Gasteiger partial charge >= 0.3 is 0 Å². The number of pyridine rings is 1. The van der Waals surface area contributed by atoms with Crippen molar-refractivity contribution < 1.29 is 4.74 Å². The molecule has 1 aromatic carbocycles. The molecule has 0 unspecified atom stereocenters. The Kier molecular flexibility index (Phi) is 4.12. The van der Waals surface area contributed by atoms with Crippen molar-refractivity contribution in [2.75, 3.05) is 5.73 Å². The summed E-state index contributed by atoms with van der Waals surface area (Å²) in [6.45, 7) is 1.13. The average molecular weight is 293 g/mol. The van der Waals surface area contributed by atoms with Crippen molar-refractivity contribution >= 4 is 21.6 Å². The monoisotopic (exact) mass is 292 g/mol. The Hall–Kier alpha value is -1.39. The molecule has 0 spiro atoms. The Morgan fingerprint density at radius 2 is 1.76 bits per heavy atom. The second-order valence-corrected chi connectivity index (χ2v) is 4.66. The number of nitrogens with two attached hydrogens (primary N) is 1. The first-order valence-electron chi connectivity index (χ1n) is 5.25. The second kappa shape index (κ2) is 5.80. The lowest BCUT2D eigenvalue weighted by atomic mass is 10.2. The van der Waals surface area contributed by atoms with Gasteiger partial charge in [0, 0.05) is 22.6 Å². The van der Waals surface area contributed by atoms with E-state index in [4.69, 9.17) is 10.5 Å². The zero-order valence-electron chi connectivity index (χ0n) is 9.27. The molecule has 0 amide bonds. The highest BCUT2D eigenvalue weighted by molar-refractivity contribution is 9.10. The Labute approximate surface area is 109 Å². The number of anilines is 1. The van der Waals surface area contributed by atoms with Gasteiger partial charge in [0.25, 0.3) is 0 Å². The third kappa shape index (κ3) is 3.84. The number of rotatable bonds is 4. The summed E-state index contributed by atoms with van der Waals surface area (Å²) in [5.41, 5.74) is 8.54. The third-order valence-corrected chi connectivity index (χ3v) is 2.71. The number of hydrogen-bond donors (Lipinski definition) is 1. The summed E-state index contributed by atoms with van der Waals surface area (Å²) in [5.74, 6) is 0. The average Bonchev–Trinajstić information content (AvgIpc) is 2.32. The van der Waals surface area contributed by atoms with E-state index in [1.54, 1.807) is 12.4 Å². The molecule has 2 aromatic rings. The van der Waals surface area contributed by atoms with Crippen LogP contribution < -0.4 is 5.73 Å². The van der Waals surface area contributed by atoms with Gasteiger partial charge in [-0.05, 0) is 45.3 Å². The van der Waals surface area contributed by atoms with Crippen LogP contribution in [0.4, 0.5) is 5.69 Å². The van der Waals surface area contributed by atoms with Crippen molar-refractivity contribution in [1.29, 1.82) is 0 Å². The molecule has 4 heteroatoms. The van der Waals surface area contributed by atoms with Crippen LogP contribution in [0.3, 0.4) is 0 Å². The molecule has 0 fully saturated rings. The van der Waals surface area contributed by atoms with Crippen LogP contribution in [-0.2, 0) is 18.0 Å². The molecule has 0 aliphatic rings. The highest BCUT2D eigenvalue weighted by Crippen LogP contribution is 2.12. The normalized spacial score (nSPS) is 10.4. The van der Waals surface area contributed by atoms with E-state index < -0.39 is 0 Å². The van der Waals surface area contributed by atoms with Gasteiger partial charge in [0.1, 0.15) is 0 Å². The van der Waals surface area contributed by atoms with Gasteiger partial charge < -0.3 is 10.5 Å². The van der Waals surface area contributed by atoms with Crippen molar-refractivity contribution in [3.8, 4) is 0 Å². The van der Waals surface area contributed by atoms with E-state index in [-0.39, 0.29) is 0 Å². The standard InChI is InChI=1S/C13H13BrN2O/c14-12-5-11(6-16-7-12)9-17-8-10-1-3-13(15)4-2-10/h1-7H,8-9,15H2. The van der Waals surface area contributed by atoms with E-state index in [0.29, 0.717) is 13.2 Å². The van der Waals surface area contributed by atoms with Crippen LogP contribution in [0, 0.1) is 0 Å². The van der Waals surface area contributed by atoms with E-state index in [9.17, 15) is 0 Å². The second-order valence-electron chi connectivity index (χ2n) is 3.75. The van der Waals surface area contributed by atoms with Gasteiger partial charge in [0.15, 0.2) is 0 Å². The molecule has 0 atom stereocenters. The highest BCUT2D eigenvalue weighted by atomic mass is 79.9. The summed E-state index contributed by atoms with van der Waals surface area (Å²) in [4.78, 5) is 4.08. The zero-order valence-corrected chi connectivity index (χ0v) is 10.9. The van der Waals surface area contributed by atoms with E-state index in [2.05, 4.69) is 20.9 Å². The fraction of sp³-hybridized carbons (Fsp3) is 0.154. The zero-order chi connectivity index (χ0) is 12.1. The van der Waals surface area contributed by atoms with Gasteiger partial charge in [0.2, 0.25) is 0 Å². The lowest BCUT2D eigenvalue weighted by molar-refractivity contribution is 0.107. The first-order chi connectivity index (χ1) is 8.24. The molecule has 2 N–H and O–H groups in total. The molecule has 0 aliphatic heterocycles. The molecule has 0 saturated heterocycles. The number of hydrogen-bond acceptors (Lipinski definition) is 3. The van der Waals surface area contributed by atoms with Crippen LogP contribution in [0.15, 0.2) is 47.2 Å². The maximum Gasteiger partial charge on any atom is 0.0736 e. The van der Waals surface area contributed by atoms with Gasteiger partial charge in [-0.15, -0.1) is 0 Å². The minimum absolute atomic E-state index is 0.552. The van der Waals surface area contributed by atoms with E-state index in [1.165, 1.54) is 0 Å². The number of ether oxygens (including phenoxy) is 1. The summed E-state index contributed by atoms with van der Waals surface area (Å²) in [5, 5.41) is 0. The molecule has 0 radical (unpaired) electrons. The summed E-state index contributed by atoms with van der Waals surface area (Å²) < 4.78 is 6.56. The van der Waals surface area contributed by atoms with Gasteiger partial charge in [-0.25, -0.2) is 0 Å². The number of nitrogens with zero attached hydrogens (tertiary/aromatic N) is 1. The van der Waals surface area contributed by atoms with Crippen molar-refractivity contribution in [1.82, 2.24) is 4.98 Å². The Bertz CT molecular complexity index is 485. The number of nitrogen functional groups attached to an aromatic ring is 1. The molecule has 0 saturated carbocycles. The van der Waals surface area contributed by atoms with E-state index in [1.807, 2.05) is 30.3 Å². The molecule has 17 heavy (non-hydrogen) atoms. The van der Waals surface area contributed by atoms with Crippen molar-refractivity contribution in [3.63, 3.8) is 0 Å². The number of aromatic nitrogens is 1. The largest absolute Gasteiger partial charge is 0.399 e. The van der Waals surface area contributed by atoms with E-state index >= 15 is 0 Å². The summed E-state index contributed by atoms with van der Waals surface area (Å²) >= 11 is 3.37. The van der Waals surface area contributed by atoms with Gasteiger partial charge in [-0.3, -0.25) is 4.98 Å². The molecular weight excluding hydrogens is 280 g/mol. The number of halogens is 1. The van der Waals surface area contributed by atoms with Gasteiger partial charge in [-0.1, -0.05) is 12.1 Å². The van der Waals surface area contributed by atoms with Crippen LogP contribution in [0.2, 0.25) is 0 Å². The highest BCUT2D eigenvalue weighted by Gasteiger charge is 1.97. The Balaban J connectivity index is 1.85. The number of benzene rings is 1. The SMILES string of the molecule is Nc1ccc(COCc2cncc(Br)c2)cc1. The molecule has 2 rings (SSSR count). The van der Waals surface area contributed by atoms with Gasteiger partial charge in [0.05, 0.1) is 13.2 Å². The molecule has 88 valence electrons. The minimum Gasteiger partial charge on any atom is -0.399 e. The van der Waals surface area contributed by atoms with Crippen LogP contribution in [0.25, 0.3) is 0 Å². The quantitative estimate of drug-likeness (QED) is 0.881. The van der Waals surface area contributed by atoms with Crippen molar-refractivity contribution in [3.05, 3.63) is 58.3 Å². The molecule has 0 aliphatic carbocycles. The molecule has 0 bridgehead atoms. The Morgan fingerprint density at radius 3 is 2.47 bits per heavy atom. The predicted molar refractivity (Wildman–Crippen MR) is 71.3 cm³/mol. The van der Waals surface area contributed by atoms with Crippen LogP contribution >= 0.6 is 15.9 Å². The summed E-state index contributed by atoms with van der Waals surface area (Å²) in [7, 11) is 0. The lowest BCUT2D eigenvalue weighted by Gasteiger charge is -2.05.